The first-order chi connectivity index (χ1) is 14.2. The van der Waals surface area contributed by atoms with Crippen molar-refractivity contribution in [2.24, 2.45) is 0 Å². The van der Waals surface area contributed by atoms with Crippen molar-refractivity contribution >= 4 is 17.4 Å². The van der Waals surface area contributed by atoms with Crippen LogP contribution in [0.4, 0.5) is 16.2 Å². The average molecular weight is 387 g/mol. The number of carbonyl (C=O) groups is 1. The molecule has 0 unspecified atom stereocenters. The number of aromatic nitrogens is 2. The molecule has 0 radical (unpaired) electrons. The zero-order valence-electron chi connectivity index (χ0n) is 16.6. The minimum atomic E-state index is -0.0714. The molecule has 5 rings (SSSR count). The third-order valence-corrected chi connectivity index (χ3v) is 5.87. The van der Waals surface area contributed by atoms with Crippen molar-refractivity contribution in [3.05, 3.63) is 71.5 Å². The van der Waals surface area contributed by atoms with Gasteiger partial charge in [0.1, 0.15) is 0 Å². The molecule has 148 valence electrons. The molecule has 6 nitrogen and oxygen atoms in total. The summed E-state index contributed by atoms with van der Waals surface area (Å²) in [5, 5.41) is 7.59. The van der Waals surface area contributed by atoms with Crippen molar-refractivity contribution in [1.29, 1.82) is 0 Å². The van der Waals surface area contributed by atoms with Crippen molar-refractivity contribution in [1.82, 2.24) is 14.7 Å². The molecule has 6 heteroatoms. The van der Waals surface area contributed by atoms with E-state index in [1.54, 1.807) is 0 Å². The van der Waals surface area contributed by atoms with Gasteiger partial charge in [0, 0.05) is 30.0 Å². The first-order valence-corrected chi connectivity index (χ1v) is 10.2. The first-order valence-electron chi connectivity index (χ1n) is 10.2. The number of aryl methyl sites for hydroxylation is 1. The number of nitrogens with one attached hydrogen (secondary N) is 1. The van der Waals surface area contributed by atoms with Gasteiger partial charge in [0.05, 0.1) is 30.7 Å². The second kappa shape index (κ2) is 7.28. The predicted octanol–water partition coefficient (Wildman–Crippen LogP) is 4.33. The van der Waals surface area contributed by atoms with Crippen LogP contribution in [0.3, 0.4) is 0 Å². The number of para-hydroxylation sites is 1. The lowest BCUT2D eigenvalue weighted by Crippen LogP contribution is -2.31. The summed E-state index contributed by atoms with van der Waals surface area (Å²) in [5.74, 6) is 0. The Labute approximate surface area is 170 Å². The van der Waals surface area contributed by atoms with Crippen LogP contribution in [0, 0.1) is 6.92 Å². The highest BCUT2D eigenvalue weighted by Gasteiger charge is 2.28. The van der Waals surface area contributed by atoms with E-state index in [0.717, 1.165) is 41.3 Å². The molecule has 0 atom stereocenters. The SMILES string of the molecule is Cc1cc(N2CCCC2)ccc1NC(=O)N1Cc2cnn(-c3ccccc3)c2C1. The molecule has 1 saturated heterocycles. The number of carbonyl (C=O) groups excluding carboxylic acids is 1. The van der Waals surface area contributed by atoms with Crippen molar-refractivity contribution in [2.45, 2.75) is 32.9 Å². The van der Waals surface area contributed by atoms with Crippen LogP contribution in [-0.4, -0.2) is 33.8 Å². The third-order valence-electron chi connectivity index (χ3n) is 5.87. The monoisotopic (exact) mass is 387 g/mol. The van der Waals surface area contributed by atoms with Crippen LogP contribution in [-0.2, 0) is 13.1 Å². The summed E-state index contributed by atoms with van der Waals surface area (Å²) in [6, 6.07) is 16.3. The van der Waals surface area contributed by atoms with Crippen LogP contribution in [0.5, 0.6) is 0 Å². The summed E-state index contributed by atoms with van der Waals surface area (Å²) < 4.78 is 1.93. The molecule has 2 aliphatic heterocycles. The van der Waals surface area contributed by atoms with Crippen LogP contribution in [0.2, 0.25) is 0 Å². The van der Waals surface area contributed by atoms with Gasteiger partial charge in [0.2, 0.25) is 0 Å². The average Bonchev–Trinajstić information content (AvgIpc) is 3.47. The van der Waals surface area contributed by atoms with Crippen molar-refractivity contribution in [2.75, 3.05) is 23.3 Å². The van der Waals surface area contributed by atoms with Gasteiger partial charge in [-0.15, -0.1) is 0 Å². The number of hydrogen-bond donors (Lipinski definition) is 1. The number of urea groups is 1. The topological polar surface area (TPSA) is 53.4 Å². The molecule has 0 spiro atoms. The zero-order valence-corrected chi connectivity index (χ0v) is 16.6. The molecule has 0 saturated carbocycles. The highest BCUT2D eigenvalue weighted by Crippen LogP contribution is 2.28. The molecule has 3 aromatic rings. The number of fused-ring (bicyclic) bond motifs is 1. The predicted molar refractivity (Wildman–Crippen MR) is 114 cm³/mol. The molecule has 0 bridgehead atoms. The number of anilines is 2. The largest absolute Gasteiger partial charge is 0.372 e. The normalized spacial score (nSPS) is 15.6. The van der Waals surface area contributed by atoms with Gasteiger partial charge in [0.25, 0.3) is 0 Å². The number of amides is 2. The summed E-state index contributed by atoms with van der Waals surface area (Å²) >= 11 is 0. The van der Waals surface area contributed by atoms with E-state index in [0.29, 0.717) is 13.1 Å². The van der Waals surface area contributed by atoms with E-state index in [1.165, 1.54) is 18.5 Å². The van der Waals surface area contributed by atoms with Crippen molar-refractivity contribution < 1.29 is 4.79 Å². The van der Waals surface area contributed by atoms with Gasteiger partial charge in [-0.1, -0.05) is 18.2 Å². The minimum absolute atomic E-state index is 0.0714. The number of rotatable bonds is 3. The molecule has 2 amide bonds. The van der Waals surface area contributed by atoms with E-state index in [1.807, 2.05) is 52.2 Å². The summed E-state index contributed by atoms with van der Waals surface area (Å²) in [7, 11) is 0. The van der Waals surface area contributed by atoms with Gasteiger partial charge in [-0.2, -0.15) is 5.10 Å². The second-order valence-corrected chi connectivity index (χ2v) is 7.84. The fourth-order valence-corrected chi connectivity index (χ4v) is 4.24. The highest BCUT2D eigenvalue weighted by atomic mass is 16.2. The highest BCUT2D eigenvalue weighted by molar-refractivity contribution is 5.90. The maximum Gasteiger partial charge on any atom is 0.322 e. The Morgan fingerprint density at radius 2 is 1.79 bits per heavy atom. The van der Waals surface area contributed by atoms with Crippen molar-refractivity contribution in [3.8, 4) is 5.69 Å². The Hall–Kier alpha value is -3.28. The second-order valence-electron chi connectivity index (χ2n) is 7.84. The van der Waals surface area contributed by atoms with Gasteiger partial charge in [-0.05, 0) is 55.7 Å². The first kappa shape index (κ1) is 17.8. The molecule has 1 N–H and O–H groups in total. The van der Waals surface area contributed by atoms with E-state index >= 15 is 0 Å². The van der Waals surface area contributed by atoms with E-state index < -0.39 is 0 Å². The Bertz CT molecular complexity index is 1040. The van der Waals surface area contributed by atoms with Gasteiger partial charge in [-0.25, -0.2) is 9.48 Å². The van der Waals surface area contributed by atoms with Crippen LogP contribution in [0.1, 0.15) is 29.7 Å². The molecule has 1 fully saturated rings. The quantitative estimate of drug-likeness (QED) is 0.728. The number of nitrogens with zero attached hydrogens (tertiary/aromatic N) is 4. The van der Waals surface area contributed by atoms with Crippen molar-refractivity contribution in [3.63, 3.8) is 0 Å². The van der Waals surface area contributed by atoms with E-state index in [2.05, 4.69) is 34.4 Å². The van der Waals surface area contributed by atoms with Gasteiger partial charge >= 0.3 is 6.03 Å². The molecule has 1 aromatic heterocycles. The summed E-state index contributed by atoms with van der Waals surface area (Å²) in [6.07, 6.45) is 4.38. The van der Waals surface area contributed by atoms with E-state index in [4.69, 9.17) is 0 Å². The summed E-state index contributed by atoms with van der Waals surface area (Å²) in [6.45, 7) is 5.44. The number of benzene rings is 2. The minimum Gasteiger partial charge on any atom is -0.372 e. The Morgan fingerprint density at radius 1 is 1.00 bits per heavy atom. The zero-order chi connectivity index (χ0) is 19.8. The van der Waals surface area contributed by atoms with Gasteiger partial charge in [-0.3, -0.25) is 0 Å². The number of hydrogen-bond acceptors (Lipinski definition) is 3. The van der Waals surface area contributed by atoms with Gasteiger partial charge < -0.3 is 15.1 Å². The lowest BCUT2D eigenvalue weighted by molar-refractivity contribution is 0.211. The lowest BCUT2D eigenvalue weighted by Gasteiger charge is -2.21. The molecule has 29 heavy (non-hydrogen) atoms. The Kier molecular flexibility index (Phi) is 4.46. The van der Waals surface area contributed by atoms with Gasteiger partial charge in [0.15, 0.2) is 0 Å². The van der Waals surface area contributed by atoms with Crippen LogP contribution in [0.25, 0.3) is 5.69 Å². The summed E-state index contributed by atoms with van der Waals surface area (Å²) in [5.41, 5.74) is 6.41. The third kappa shape index (κ3) is 3.35. The Balaban J connectivity index is 1.29. The maximum absolute atomic E-state index is 12.9. The maximum atomic E-state index is 12.9. The molecule has 2 aromatic carbocycles. The molecular formula is C23H25N5O. The van der Waals surface area contributed by atoms with E-state index in [-0.39, 0.29) is 6.03 Å². The lowest BCUT2D eigenvalue weighted by atomic mass is 10.1. The molecule has 0 aliphatic carbocycles. The van der Waals surface area contributed by atoms with Crippen LogP contribution in [0.15, 0.2) is 54.7 Å². The molecular weight excluding hydrogens is 362 g/mol. The standard InChI is InChI=1S/C23H25N5O/c1-17-13-20(26-11-5-6-12-26)9-10-21(17)25-23(29)27-15-18-14-24-28(22(18)16-27)19-7-3-2-4-8-19/h2-4,7-10,13-14H,5-6,11-12,15-16H2,1H3,(H,25,29). The molecule has 3 heterocycles. The summed E-state index contributed by atoms with van der Waals surface area (Å²) in [4.78, 5) is 17.1. The fraction of sp³-hybridized carbons (Fsp3) is 0.304. The fourth-order valence-electron chi connectivity index (χ4n) is 4.24. The Morgan fingerprint density at radius 3 is 2.55 bits per heavy atom. The van der Waals surface area contributed by atoms with Crippen LogP contribution < -0.4 is 10.2 Å². The van der Waals surface area contributed by atoms with Crippen LogP contribution >= 0.6 is 0 Å². The molecule has 2 aliphatic rings. The van der Waals surface area contributed by atoms with E-state index in [9.17, 15) is 4.79 Å². The smallest absolute Gasteiger partial charge is 0.322 e.